The van der Waals surface area contributed by atoms with Crippen LogP contribution in [-0.2, 0) is 29.2 Å². The third-order valence-electron chi connectivity index (χ3n) is 4.21. The molecule has 27 heavy (non-hydrogen) atoms. The van der Waals surface area contributed by atoms with E-state index in [0.29, 0.717) is 12.5 Å². The summed E-state index contributed by atoms with van der Waals surface area (Å²) >= 11 is 0. The molecular formula is C18H15F4NO3S. The quantitative estimate of drug-likeness (QED) is 0.711. The molecule has 0 aliphatic carbocycles. The van der Waals surface area contributed by atoms with E-state index in [4.69, 9.17) is 4.74 Å². The van der Waals surface area contributed by atoms with Gasteiger partial charge in [0.15, 0.2) is 11.6 Å². The fourth-order valence-corrected chi connectivity index (χ4v) is 3.65. The number of benzene rings is 2. The van der Waals surface area contributed by atoms with Gasteiger partial charge in [0.1, 0.15) is 5.75 Å². The standard InChI is InChI=1S/C18H15F4NO3S/c1-2-27(24,25)23-8-7-12-9-15(5-3-13(12)11-23)26-17-6-4-14(10-16(17)19)18(20,21)22/h2-6,9-10H,1,7-8,11H2. The van der Waals surface area contributed by atoms with Gasteiger partial charge in [-0.3, -0.25) is 0 Å². The van der Waals surface area contributed by atoms with Crippen LogP contribution in [0.4, 0.5) is 17.6 Å². The van der Waals surface area contributed by atoms with Crippen LogP contribution in [0.1, 0.15) is 16.7 Å². The van der Waals surface area contributed by atoms with E-state index in [1.807, 2.05) is 0 Å². The number of ether oxygens (including phenoxy) is 1. The summed E-state index contributed by atoms with van der Waals surface area (Å²) in [7, 11) is -3.52. The zero-order valence-electron chi connectivity index (χ0n) is 14.0. The van der Waals surface area contributed by atoms with E-state index in [0.717, 1.165) is 28.7 Å². The number of halogens is 4. The van der Waals surface area contributed by atoms with Crippen LogP contribution in [0.15, 0.2) is 48.4 Å². The molecule has 0 saturated carbocycles. The first-order chi connectivity index (χ1) is 12.6. The number of hydrogen-bond donors (Lipinski definition) is 0. The molecule has 4 nitrogen and oxygen atoms in total. The molecule has 1 heterocycles. The molecule has 9 heteroatoms. The Bertz CT molecular complexity index is 987. The Morgan fingerprint density at radius 3 is 2.48 bits per heavy atom. The molecule has 0 amide bonds. The van der Waals surface area contributed by atoms with Crippen LogP contribution < -0.4 is 4.74 Å². The fraction of sp³-hybridized carbons (Fsp3) is 0.222. The highest BCUT2D eigenvalue weighted by Gasteiger charge is 2.31. The molecule has 1 aliphatic heterocycles. The molecule has 0 fully saturated rings. The molecule has 144 valence electrons. The molecule has 0 saturated heterocycles. The molecule has 0 aromatic heterocycles. The van der Waals surface area contributed by atoms with Crippen molar-refractivity contribution in [1.29, 1.82) is 0 Å². The Balaban J connectivity index is 1.80. The van der Waals surface area contributed by atoms with Crippen molar-refractivity contribution in [3.63, 3.8) is 0 Å². The first-order valence-corrected chi connectivity index (χ1v) is 9.39. The van der Waals surface area contributed by atoms with E-state index >= 15 is 0 Å². The van der Waals surface area contributed by atoms with E-state index in [2.05, 4.69) is 6.58 Å². The predicted molar refractivity (Wildman–Crippen MR) is 91.1 cm³/mol. The lowest BCUT2D eigenvalue weighted by molar-refractivity contribution is -0.137. The van der Waals surface area contributed by atoms with Gasteiger partial charge in [-0.2, -0.15) is 17.5 Å². The summed E-state index contributed by atoms with van der Waals surface area (Å²) in [5.41, 5.74) is 0.503. The third-order valence-corrected chi connectivity index (χ3v) is 5.67. The van der Waals surface area contributed by atoms with Gasteiger partial charge in [0.25, 0.3) is 0 Å². The Kier molecular flexibility index (Phi) is 5.00. The molecule has 0 radical (unpaired) electrons. The summed E-state index contributed by atoms with van der Waals surface area (Å²) in [5.74, 6) is -1.19. The van der Waals surface area contributed by atoms with E-state index in [-0.39, 0.29) is 24.6 Å². The Labute approximate surface area is 153 Å². The molecule has 0 atom stereocenters. The van der Waals surface area contributed by atoms with Crippen LogP contribution in [0.3, 0.4) is 0 Å². The van der Waals surface area contributed by atoms with E-state index in [1.165, 1.54) is 10.4 Å². The highest BCUT2D eigenvalue weighted by molar-refractivity contribution is 7.91. The fourth-order valence-electron chi connectivity index (χ4n) is 2.78. The van der Waals surface area contributed by atoms with E-state index in [1.54, 1.807) is 12.1 Å². The minimum absolute atomic E-state index is 0.179. The summed E-state index contributed by atoms with van der Waals surface area (Å²) in [6, 6.07) is 6.85. The van der Waals surface area contributed by atoms with Crippen molar-refractivity contribution >= 4 is 10.0 Å². The van der Waals surface area contributed by atoms with Crippen LogP contribution in [-0.4, -0.2) is 19.3 Å². The largest absolute Gasteiger partial charge is 0.454 e. The molecule has 0 unspecified atom stereocenters. The third kappa shape index (κ3) is 4.14. The maximum absolute atomic E-state index is 13.9. The van der Waals surface area contributed by atoms with Gasteiger partial charge < -0.3 is 4.74 Å². The van der Waals surface area contributed by atoms with Crippen LogP contribution >= 0.6 is 0 Å². The zero-order chi connectivity index (χ0) is 19.8. The molecule has 2 aromatic carbocycles. The number of rotatable bonds is 4. The van der Waals surface area contributed by atoms with Gasteiger partial charge >= 0.3 is 6.18 Å². The van der Waals surface area contributed by atoms with Crippen LogP contribution in [0.5, 0.6) is 11.5 Å². The summed E-state index contributed by atoms with van der Waals surface area (Å²) in [4.78, 5) is 0. The maximum atomic E-state index is 13.9. The second kappa shape index (κ2) is 6.97. The van der Waals surface area contributed by atoms with Crippen molar-refractivity contribution in [2.75, 3.05) is 6.54 Å². The highest BCUT2D eigenvalue weighted by atomic mass is 32.2. The summed E-state index contributed by atoms with van der Waals surface area (Å²) < 4.78 is 82.1. The molecule has 2 aromatic rings. The number of fused-ring (bicyclic) bond motifs is 1. The SMILES string of the molecule is C=CS(=O)(=O)N1CCc2cc(Oc3ccc(C(F)(F)F)cc3F)ccc2C1. The molecule has 0 spiro atoms. The van der Waals surface area contributed by atoms with Crippen molar-refractivity contribution in [3.8, 4) is 11.5 Å². The smallest absolute Gasteiger partial charge is 0.416 e. The van der Waals surface area contributed by atoms with E-state index in [9.17, 15) is 26.0 Å². The van der Waals surface area contributed by atoms with Gasteiger partial charge in [-0.25, -0.2) is 12.8 Å². The van der Waals surface area contributed by atoms with Crippen molar-refractivity contribution < 1.29 is 30.7 Å². The lowest BCUT2D eigenvalue weighted by Crippen LogP contribution is -2.34. The first kappa shape index (κ1) is 19.4. The lowest BCUT2D eigenvalue weighted by atomic mass is 10.0. The molecule has 1 aliphatic rings. The van der Waals surface area contributed by atoms with Crippen molar-refractivity contribution in [1.82, 2.24) is 4.31 Å². The van der Waals surface area contributed by atoms with Crippen LogP contribution in [0.25, 0.3) is 0 Å². The molecule has 3 rings (SSSR count). The second-order valence-corrected chi connectivity index (χ2v) is 7.85. The zero-order valence-corrected chi connectivity index (χ0v) is 14.8. The monoisotopic (exact) mass is 401 g/mol. The average Bonchev–Trinajstić information content (AvgIpc) is 2.62. The summed E-state index contributed by atoms with van der Waals surface area (Å²) in [6.45, 7) is 3.74. The van der Waals surface area contributed by atoms with Gasteiger partial charge in [-0.05, 0) is 47.9 Å². The second-order valence-electron chi connectivity index (χ2n) is 5.97. The number of hydrogen-bond acceptors (Lipinski definition) is 3. The van der Waals surface area contributed by atoms with Gasteiger partial charge in [-0.15, -0.1) is 0 Å². The van der Waals surface area contributed by atoms with Crippen molar-refractivity contribution in [2.45, 2.75) is 19.1 Å². The van der Waals surface area contributed by atoms with Gasteiger partial charge in [0.2, 0.25) is 10.0 Å². The molecular weight excluding hydrogens is 386 g/mol. The summed E-state index contributed by atoms with van der Waals surface area (Å²) in [5, 5.41) is 0.892. The topological polar surface area (TPSA) is 46.6 Å². The predicted octanol–water partition coefficient (Wildman–Crippen LogP) is 4.47. The lowest BCUT2D eigenvalue weighted by Gasteiger charge is -2.27. The average molecular weight is 401 g/mol. The number of sulfonamides is 1. The number of nitrogens with zero attached hydrogens (tertiary/aromatic N) is 1. The maximum Gasteiger partial charge on any atom is 0.416 e. The molecule has 0 bridgehead atoms. The normalized spacial score (nSPS) is 15.3. The van der Waals surface area contributed by atoms with Gasteiger partial charge in [0, 0.05) is 18.5 Å². The number of alkyl halides is 3. The van der Waals surface area contributed by atoms with Crippen LogP contribution in [0.2, 0.25) is 0 Å². The van der Waals surface area contributed by atoms with Crippen molar-refractivity contribution in [2.24, 2.45) is 0 Å². The van der Waals surface area contributed by atoms with E-state index < -0.39 is 27.6 Å². The Morgan fingerprint density at radius 1 is 1.11 bits per heavy atom. The van der Waals surface area contributed by atoms with Crippen LogP contribution in [0, 0.1) is 5.82 Å². The van der Waals surface area contributed by atoms with Gasteiger partial charge in [-0.1, -0.05) is 12.6 Å². The summed E-state index contributed by atoms with van der Waals surface area (Å²) in [6.07, 6.45) is -4.21. The minimum Gasteiger partial charge on any atom is -0.454 e. The Hall–Kier alpha value is -2.39. The first-order valence-electron chi connectivity index (χ1n) is 7.89. The van der Waals surface area contributed by atoms with Gasteiger partial charge in [0.05, 0.1) is 5.56 Å². The Morgan fingerprint density at radius 2 is 1.85 bits per heavy atom. The highest BCUT2D eigenvalue weighted by Crippen LogP contribution is 2.34. The molecule has 0 N–H and O–H groups in total. The van der Waals surface area contributed by atoms with Crippen molar-refractivity contribution in [3.05, 3.63) is 70.9 Å². The minimum atomic E-state index is -4.64.